The van der Waals surface area contributed by atoms with Crippen LogP contribution in [0.5, 0.6) is 0 Å². The van der Waals surface area contributed by atoms with Crippen molar-refractivity contribution in [3.8, 4) is 5.69 Å². The SMILES string of the molecule is C[C@H]1C[C@@H](OC2CCNCC2)CN(C(=O)/C=C/c2cc(Cl)ccc2-n2cnnn2)[C@H]1C(=O)Nc1ccc(C(=O)O)cc1. The van der Waals surface area contributed by atoms with Gasteiger partial charge in [0.15, 0.2) is 0 Å². The molecular formula is C29H32ClN7O5. The quantitative estimate of drug-likeness (QED) is 0.335. The number of rotatable bonds is 8. The maximum atomic E-state index is 13.8. The minimum Gasteiger partial charge on any atom is -0.478 e. The first-order chi connectivity index (χ1) is 20.3. The first-order valence-corrected chi connectivity index (χ1v) is 14.2. The number of ether oxygens (including phenoxy) is 1. The lowest BCUT2D eigenvalue weighted by Gasteiger charge is -2.43. The Balaban J connectivity index is 1.39. The molecule has 0 bridgehead atoms. The average Bonchev–Trinajstić information content (AvgIpc) is 3.51. The second-order valence-corrected chi connectivity index (χ2v) is 11.0. The van der Waals surface area contributed by atoms with Crippen molar-refractivity contribution in [2.24, 2.45) is 5.92 Å². The maximum Gasteiger partial charge on any atom is 0.335 e. The number of anilines is 1. The Labute approximate surface area is 247 Å². The lowest BCUT2D eigenvalue weighted by molar-refractivity contribution is -0.147. The zero-order chi connectivity index (χ0) is 29.6. The summed E-state index contributed by atoms with van der Waals surface area (Å²) in [6.07, 6.45) is 6.77. The van der Waals surface area contributed by atoms with Gasteiger partial charge in [-0.05, 0) is 97.2 Å². The molecule has 0 unspecified atom stereocenters. The van der Waals surface area contributed by atoms with Gasteiger partial charge in [0, 0.05) is 28.9 Å². The van der Waals surface area contributed by atoms with Crippen LogP contribution in [0.3, 0.4) is 0 Å². The molecule has 0 radical (unpaired) electrons. The summed E-state index contributed by atoms with van der Waals surface area (Å²) >= 11 is 6.25. The van der Waals surface area contributed by atoms with Crippen LogP contribution in [0, 0.1) is 5.92 Å². The van der Waals surface area contributed by atoms with Crippen LogP contribution in [-0.2, 0) is 14.3 Å². The van der Waals surface area contributed by atoms with Crippen LogP contribution in [0.25, 0.3) is 11.8 Å². The Kier molecular flexibility index (Phi) is 9.25. The number of carboxylic acids is 1. The molecule has 12 nitrogen and oxygen atoms in total. The number of carbonyl (C=O) groups excluding carboxylic acids is 2. The summed E-state index contributed by atoms with van der Waals surface area (Å²) in [4.78, 5) is 40.1. The summed E-state index contributed by atoms with van der Waals surface area (Å²) in [6, 6.07) is 10.3. The monoisotopic (exact) mass is 593 g/mol. The van der Waals surface area contributed by atoms with Gasteiger partial charge in [-0.3, -0.25) is 9.59 Å². The fraction of sp³-hybridized carbons (Fsp3) is 0.379. The number of benzene rings is 2. The molecule has 5 rings (SSSR count). The molecule has 0 spiro atoms. The molecule has 3 heterocycles. The fourth-order valence-electron chi connectivity index (χ4n) is 5.50. The van der Waals surface area contributed by atoms with Gasteiger partial charge in [0.2, 0.25) is 11.8 Å². The number of aromatic nitrogens is 4. The molecule has 220 valence electrons. The Morgan fingerprint density at radius 2 is 1.88 bits per heavy atom. The number of piperidine rings is 2. The van der Waals surface area contributed by atoms with E-state index in [2.05, 4.69) is 26.2 Å². The van der Waals surface area contributed by atoms with E-state index < -0.39 is 12.0 Å². The number of nitrogens with zero attached hydrogens (tertiary/aromatic N) is 5. The highest BCUT2D eigenvalue weighted by Gasteiger charge is 2.41. The topological polar surface area (TPSA) is 152 Å². The van der Waals surface area contributed by atoms with E-state index in [-0.39, 0.29) is 42.0 Å². The third kappa shape index (κ3) is 7.01. The number of likely N-dealkylation sites (tertiary alicyclic amines) is 1. The van der Waals surface area contributed by atoms with Gasteiger partial charge in [0.25, 0.3) is 0 Å². The van der Waals surface area contributed by atoms with E-state index in [1.165, 1.54) is 41.4 Å². The lowest BCUT2D eigenvalue weighted by atomic mass is 9.88. The Morgan fingerprint density at radius 1 is 1.12 bits per heavy atom. The normalized spacial score (nSPS) is 21.4. The molecule has 2 aliphatic rings. The van der Waals surface area contributed by atoms with Crippen molar-refractivity contribution in [1.29, 1.82) is 0 Å². The van der Waals surface area contributed by atoms with Gasteiger partial charge in [-0.15, -0.1) is 5.10 Å². The van der Waals surface area contributed by atoms with Crippen LogP contribution >= 0.6 is 11.6 Å². The van der Waals surface area contributed by atoms with E-state index in [9.17, 15) is 19.5 Å². The second-order valence-electron chi connectivity index (χ2n) is 10.5. The Morgan fingerprint density at radius 3 is 2.57 bits per heavy atom. The van der Waals surface area contributed by atoms with Gasteiger partial charge in [-0.25, -0.2) is 4.79 Å². The molecule has 2 aliphatic heterocycles. The molecular weight excluding hydrogens is 562 g/mol. The standard InChI is InChI=1S/C29H32ClN7O5/c1-18-14-24(42-23-10-12-31-13-11-23)16-36(27(18)28(39)33-22-6-2-19(3-7-22)29(40)41)26(38)9-4-20-15-21(30)5-8-25(20)37-17-32-34-35-37/h2-9,15,17-18,23-24,27,31H,10-14,16H2,1H3,(H,33,39)(H,40,41)/b9-4+/t18-,24+,27+/m0/s1. The summed E-state index contributed by atoms with van der Waals surface area (Å²) in [5.41, 5.74) is 1.81. The fourth-order valence-corrected chi connectivity index (χ4v) is 5.68. The highest BCUT2D eigenvalue weighted by Crippen LogP contribution is 2.29. The average molecular weight is 594 g/mol. The van der Waals surface area contributed by atoms with Crippen molar-refractivity contribution in [2.75, 3.05) is 25.0 Å². The van der Waals surface area contributed by atoms with E-state index in [1.54, 1.807) is 29.2 Å². The molecule has 3 N–H and O–H groups in total. The Hall–Kier alpha value is -4.13. The van der Waals surface area contributed by atoms with E-state index in [4.69, 9.17) is 16.3 Å². The summed E-state index contributed by atoms with van der Waals surface area (Å²) in [6.45, 7) is 3.95. The molecule has 42 heavy (non-hydrogen) atoms. The molecule has 13 heteroatoms. The predicted molar refractivity (Wildman–Crippen MR) is 155 cm³/mol. The number of carboxylic acid groups (broad SMARTS) is 1. The number of nitrogens with one attached hydrogen (secondary N) is 2. The number of aromatic carboxylic acids is 1. The van der Waals surface area contributed by atoms with Crippen molar-refractivity contribution in [2.45, 2.75) is 44.4 Å². The predicted octanol–water partition coefficient (Wildman–Crippen LogP) is 3.04. The molecule has 3 atom stereocenters. The van der Waals surface area contributed by atoms with Crippen LogP contribution in [0.15, 0.2) is 54.9 Å². The third-order valence-electron chi connectivity index (χ3n) is 7.52. The van der Waals surface area contributed by atoms with Crippen molar-refractivity contribution in [1.82, 2.24) is 30.4 Å². The number of hydrogen-bond donors (Lipinski definition) is 3. The highest BCUT2D eigenvalue weighted by molar-refractivity contribution is 6.30. The summed E-state index contributed by atoms with van der Waals surface area (Å²) < 4.78 is 7.89. The lowest BCUT2D eigenvalue weighted by Crippen LogP contribution is -2.58. The summed E-state index contributed by atoms with van der Waals surface area (Å²) in [5.74, 6) is -1.97. The van der Waals surface area contributed by atoms with Crippen LogP contribution in [0.2, 0.25) is 5.02 Å². The molecule has 3 aromatic rings. The van der Waals surface area contributed by atoms with Crippen LogP contribution in [0.4, 0.5) is 5.69 Å². The molecule has 1 aromatic heterocycles. The van der Waals surface area contributed by atoms with Crippen LogP contribution in [0.1, 0.15) is 42.1 Å². The van der Waals surface area contributed by atoms with Crippen molar-refractivity contribution in [3.63, 3.8) is 0 Å². The number of tetrazole rings is 1. The van der Waals surface area contributed by atoms with Gasteiger partial charge in [0.05, 0.1) is 23.5 Å². The minimum atomic E-state index is -1.06. The highest BCUT2D eigenvalue weighted by atomic mass is 35.5. The van der Waals surface area contributed by atoms with Gasteiger partial charge in [0.1, 0.15) is 12.4 Å². The molecule has 2 fully saturated rings. The Bertz CT molecular complexity index is 1440. The summed E-state index contributed by atoms with van der Waals surface area (Å²) in [7, 11) is 0. The molecule has 0 aliphatic carbocycles. The molecule has 0 saturated carbocycles. The van der Waals surface area contributed by atoms with Crippen LogP contribution < -0.4 is 10.6 Å². The van der Waals surface area contributed by atoms with Gasteiger partial charge >= 0.3 is 5.97 Å². The first-order valence-electron chi connectivity index (χ1n) is 13.8. The molecule has 2 aromatic carbocycles. The minimum absolute atomic E-state index is 0.0966. The van der Waals surface area contributed by atoms with E-state index >= 15 is 0 Å². The van der Waals surface area contributed by atoms with E-state index in [0.717, 1.165) is 25.9 Å². The third-order valence-corrected chi connectivity index (χ3v) is 7.76. The zero-order valence-electron chi connectivity index (χ0n) is 23.0. The van der Waals surface area contributed by atoms with E-state index in [0.29, 0.717) is 28.4 Å². The number of halogens is 1. The molecule has 2 amide bonds. The maximum absolute atomic E-state index is 13.8. The zero-order valence-corrected chi connectivity index (χ0v) is 23.8. The van der Waals surface area contributed by atoms with E-state index in [1.807, 2.05) is 6.92 Å². The van der Waals surface area contributed by atoms with Crippen molar-refractivity contribution >= 4 is 41.1 Å². The largest absolute Gasteiger partial charge is 0.478 e. The number of amides is 2. The van der Waals surface area contributed by atoms with Crippen LogP contribution in [-0.4, -0.2) is 85.9 Å². The number of hydrogen-bond acceptors (Lipinski definition) is 8. The van der Waals surface area contributed by atoms with Crippen molar-refractivity contribution < 1.29 is 24.2 Å². The second kappa shape index (κ2) is 13.2. The van der Waals surface area contributed by atoms with Gasteiger partial charge in [-0.2, -0.15) is 4.68 Å². The van der Waals surface area contributed by atoms with Crippen molar-refractivity contribution in [3.05, 3.63) is 71.0 Å². The van der Waals surface area contributed by atoms with Gasteiger partial charge < -0.3 is 25.4 Å². The first kappa shape index (κ1) is 29.4. The van der Waals surface area contributed by atoms with Gasteiger partial charge in [-0.1, -0.05) is 18.5 Å². The summed E-state index contributed by atoms with van der Waals surface area (Å²) in [5, 5.41) is 27.1. The smallest absolute Gasteiger partial charge is 0.335 e. The number of carbonyl (C=O) groups is 3. The molecule has 2 saturated heterocycles.